The second kappa shape index (κ2) is 11.6. The molecule has 28 heavy (non-hydrogen) atoms. The van der Waals surface area contributed by atoms with E-state index in [2.05, 4.69) is 4.72 Å². The first-order chi connectivity index (χ1) is 13.3. The van der Waals surface area contributed by atoms with Crippen LogP contribution < -0.4 is 4.72 Å². The van der Waals surface area contributed by atoms with E-state index in [1.807, 2.05) is 0 Å². The summed E-state index contributed by atoms with van der Waals surface area (Å²) < 4.78 is 50.9. The van der Waals surface area contributed by atoms with Crippen molar-refractivity contribution < 1.29 is 37.2 Å². The van der Waals surface area contributed by atoms with Crippen molar-refractivity contribution in [3.63, 3.8) is 0 Å². The fourth-order valence-corrected chi connectivity index (χ4v) is 3.20. The van der Waals surface area contributed by atoms with Gasteiger partial charge in [0.1, 0.15) is 0 Å². The SMILES string of the molecule is COC(=O)c1ccccc1CC(CCC(CNS(=O)[O-])(OC)OC)(OC)OC. The minimum atomic E-state index is -2.46. The molecule has 0 radical (unpaired) electrons. The van der Waals surface area contributed by atoms with Crippen LogP contribution in [0.5, 0.6) is 0 Å². The van der Waals surface area contributed by atoms with Gasteiger partial charge in [-0.05, 0) is 11.6 Å². The van der Waals surface area contributed by atoms with Gasteiger partial charge in [-0.25, -0.2) is 9.52 Å². The highest BCUT2D eigenvalue weighted by Gasteiger charge is 2.38. The standard InChI is InChI=1S/C18H29NO8S/c1-23-16(20)15-9-7-6-8-14(15)12-17(24-2,25-3)10-11-18(26-4,27-5)13-19-28(21)22/h6-9,19H,10-13H2,1-5H3,(H,21,22)/p-1. The number of hydrogen-bond acceptors (Lipinski definition) is 8. The quantitative estimate of drug-likeness (QED) is 0.288. The molecule has 160 valence electrons. The maximum Gasteiger partial charge on any atom is 0.338 e. The summed E-state index contributed by atoms with van der Waals surface area (Å²) >= 11 is -2.46. The highest BCUT2D eigenvalue weighted by Crippen LogP contribution is 2.30. The first-order valence-corrected chi connectivity index (χ1v) is 9.58. The van der Waals surface area contributed by atoms with Crippen LogP contribution in [0, 0.1) is 0 Å². The molecule has 10 heteroatoms. The van der Waals surface area contributed by atoms with Crippen molar-refractivity contribution >= 4 is 17.2 Å². The zero-order valence-corrected chi connectivity index (χ0v) is 17.6. The van der Waals surface area contributed by atoms with Gasteiger partial charge in [0.05, 0.1) is 19.2 Å². The fraction of sp³-hybridized carbons (Fsp3) is 0.611. The molecule has 0 fully saturated rings. The van der Waals surface area contributed by atoms with Gasteiger partial charge in [-0.3, -0.25) is 4.21 Å². The lowest BCUT2D eigenvalue weighted by Gasteiger charge is -2.37. The summed E-state index contributed by atoms with van der Waals surface area (Å²) in [5.74, 6) is -2.75. The lowest BCUT2D eigenvalue weighted by molar-refractivity contribution is -0.245. The molecule has 0 amide bonds. The van der Waals surface area contributed by atoms with Gasteiger partial charge in [0.25, 0.3) is 0 Å². The summed E-state index contributed by atoms with van der Waals surface area (Å²) in [5.41, 5.74) is 1.11. The summed E-state index contributed by atoms with van der Waals surface area (Å²) in [6, 6.07) is 7.01. The number of esters is 1. The Bertz CT molecular complexity index is 646. The van der Waals surface area contributed by atoms with E-state index in [0.717, 1.165) is 0 Å². The van der Waals surface area contributed by atoms with Crippen molar-refractivity contribution in [3.05, 3.63) is 35.4 Å². The zero-order chi connectivity index (χ0) is 21.2. The Morgan fingerprint density at radius 3 is 2.04 bits per heavy atom. The molecule has 1 atom stereocenters. The lowest BCUT2D eigenvalue weighted by Crippen LogP contribution is -2.47. The number of benzene rings is 1. The average Bonchev–Trinajstić information content (AvgIpc) is 2.73. The van der Waals surface area contributed by atoms with Crippen molar-refractivity contribution in [1.82, 2.24) is 4.72 Å². The molecule has 1 N–H and O–H groups in total. The Morgan fingerprint density at radius 2 is 1.54 bits per heavy atom. The molecule has 0 heterocycles. The van der Waals surface area contributed by atoms with Crippen LogP contribution in [0.1, 0.15) is 28.8 Å². The van der Waals surface area contributed by atoms with Crippen LogP contribution in [-0.4, -0.2) is 68.4 Å². The normalized spacial score (nSPS) is 13.4. The van der Waals surface area contributed by atoms with E-state index in [4.69, 9.17) is 23.7 Å². The Kier molecular flexibility index (Phi) is 10.2. The Balaban J connectivity index is 3.05. The Morgan fingerprint density at radius 1 is 1.00 bits per heavy atom. The molecule has 0 saturated carbocycles. The van der Waals surface area contributed by atoms with E-state index >= 15 is 0 Å². The predicted molar refractivity (Wildman–Crippen MR) is 101 cm³/mol. The molecule has 0 aliphatic heterocycles. The third-order valence-electron chi connectivity index (χ3n) is 4.72. The van der Waals surface area contributed by atoms with Gasteiger partial charge in [0.2, 0.25) is 0 Å². The second-order valence-corrected chi connectivity index (χ2v) is 6.78. The lowest BCUT2D eigenvalue weighted by atomic mass is 9.94. The number of carbonyl (C=O) groups excluding carboxylic acids is 1. The van der Waals surface area contributed by atoms with E-state index in [9.17, 15) is 13.6 Å². The smallest absolute Gasteiger partial charge is 0.338 e. The van der Waals surface area contributed by atoms with E-state index in [1.54, 1.807) is 24.3 Å². The molecule has 0 aliphatic carbocycles. The van der Waals surface area contributed by atoms with Crippen LogP contribution in [0.15, 0.2) is 24.3 Å². The molecule has 0 spiro atoms. The van der Waals surface area contributed by atoms with Gasteiger partial charge < -0.3 is 28.2 Å². The first kappa shape index (κ1) is 24.6. The molecule has 0 bridgehead atoms. The molecule has 0 aromatic heterocycles. The molecular weight excluding hydrogens is 390 g/mol. The maximum atomic E-state index is 12.0. The first-order valence-electron chi connectivity index (χ1n) is 8.50. The summed E-state index contributed by atoms with van der Waals surface area (Å²) in [5, 5.41) is 0. The number of methoxy groups -OCH3 is 5. The van der Waals surface area contributed by atoms with Crippen molar-refractivity contribution in [2.75, 3.05) is 42.1 Å². The largest absolute Gasteiger partial charge is 0.760 e. The molecular formula is C18H28NO8S-. The monoisotopic (exact) mass is 418 g/mol. The third-order valence-corrected chi connectivity index (χ3v) is 5.10. The highest BCUT2D eigenvalue weighted by molar-refractivity contribution is 7.77. The van der Waals surface area contributed by atoms with Crippen LogP contribution in [0.2, 0.25) is 0 Å². The van der Waals surface area contributed by atoms with E-state index in [-0.39, 0.29) is 19.4 Å². The number of carbonyl (C=O) groups is 1. The Hall–Kier alpha value is -1.40. The molecule has 1 unspecified atom stereocenters. The summed E-state index contributed by atoms with van der Waals surface area (Å²) in [4.78, 5) is 12.0. The highest BCUT2D eigenvalue weighted by atomic mass is 32.2. The van der Waals surface area contributed by atoms with Gasteiger partial charge in [-0.2, -0.15) is 0 Å². The van der Waals surface area contributed by atoms with Crippen LogP contribution in [0.25, 0.3) is 0 Å². The second-order valence-electron chi connectivity index (χ2n) is 6.02. The zero-order valence-electron chi connectivity index (χ0n) is 16.8. The molecule has 1 aromatic carbocycles. The number of hydrogen-bond donors (Lipinski definition) is 1. The van der Waals surface area contributed by atoms with Gasteiger partial charge in [-0.1, -0.05) is 18.2 Å². The molecule has 9 nitrogen and oxygen atoms in total. The van der Waals surface area contributed by atoms with E-state index in [1.165, 1.54) is 35.5 Å². The minimum Gasteiger partial charge on any atom is -0.760 e. The number of nitrogens with one attached hydrogen (secondary N) is 1. The van der Waals surface area contributed by atoms with Crippen LogP contribution >= 0.6 is 0 Å². The number of ether oxygens (including phenoxy) is 5. The molecule has 1 aromatic rings. The Labute approximate surface area is 168 Å². The van der Waals surface area contributed by atoms with Crippen molar-refractivity contribution in [2.24, 2.45) is 0 Å². The van der Waals surface area contributed by atoms with Crippen molar-refractivity contribution in [1.29, 1.82) is 0 Å². The van der Waals surface area contributed by atoms with E-state index in [0.29, 0.717) is 17.5 Å². The summed E-state index contributed by atoms with van der Waals surface area (Å²) in [6.07, 6.45) is 0.812. The van der Waals surface area contributed by atoms with Crippen molar-refractivity contribution in [2.45, 2.75) is 30.8 Å². The van der Waals surface area contributed by atoms with Gasteiger partial charge in [-0.15, -0.1) is 0 Å². The van der Waals surface area contributed by atoms with Gasteiger partial charge >= 0.3 is 5.97 Å². The topological polar surface area (TPSA) is 115 Å². The summed E-state index contributed by atoms with van der Waals surface area (Å²) in [6.45, 7) is -0.0850. The number of rotatable bonds is 13. The predicted octanol–water partition coefficient (Wildman–Crippen LogP) is 1.16. The third kappa shape index (κ3) is 6.59. The summed E-state index contributed by atoms with van der Waals surface area (Å²) in [7, 11) is 7.16. The van der Waals surface area contributed by atoms with Crippen LogP contribution in [0.3, 0.4) is 0 Å². The van der Waals surface area contributed by atoms with Crippen LogP contribution in [0.4, 0.5) is 0 Å². The fourth-order valence-electron chi connectivity index (χ4n) is 2.86. The molecule has 0 aliphatic rings. The van der Waals surface area contributed by atoms with E-state index < -0.39 is 28.8 Å². The van der Waals surface area contributed by atoms with Gasteiger partial charge in [0, 0.05) is 59.0 Å². The minimum absolute atomic E-state index is 0.0850. The average molecular weight is 418 g/mol. The van der Waals surface area contributed by atoms with Crippen molar-refractivity contribution in [3.8, 4) is 0 Å². The van der Waals surface area contributed by atoms with Crippen LogP contribution in [-0.2, 0) is 41.4 Å². The molecule has 0 saturated heterocycles. The molecule has 1 rings (SSSR count). The van der Waals surface area contributed by atoms with Gasteiger partial charge in [0.15, 0.2) is 11.6 Å². The maximum absolute atomic E-state index is 12.0.